The maximum Gasteiger partial charge on any atom is 0.0846 e. The predicted octanol–water partition coefficient (Wildman–Crippen LogP) is 2.79. The molecular weight excluding hydrogens is 148 g/mol. The molecule has 0 saturated carbocycles. The van der Waals surface area contributed by atoms with Crippen LogP contribution in [-0.4, -0.2) is 6.61 Å². The van der Waals surface area contributed by atoms with Gasteiger partial charge in [-0.25, -0.2) is 0 Å². The van der Waals surface area contributed by atoms with Gasteiger partial charge in [0.05, 0.1) is 12.7 Å². The fourth-order valence-corrected chi connectivity index (χ4v) is 1.35. The van der Waals surface area contributed by atoms with Crippen molar-refractivity contribution in [2.75, 3.05) is 6.61 Å². The Bertz CT molecular complexity index is 270. The maximum atomic E-state index is 5.36. The van der Waals surface area contributed by atoms with Crippen LogP contribution in [0, 0.1) is 0 Å². The van der Waals surface area contributed by atoms with Gasteiger partial charge in [-0.15, -0.1) is 0 Å². The first-order chi connectivity index (χ1) is 5.90. The summed E-state index contributed by atoms with van der Waals surface area (Å²) in [6, 6.07) is 8.37. The van der Waals surface area contributed by atoms with Crippen LogP contribution in [0.15, 0.2) is 30.8 Å². The second-order valence-corrected chi connectivity index (χ2v) is 3.02. The van der Waals surface area contributed by atoms with E-state index in [1.165, 1.54) is 5.56 Å². The van der Waals surface area contributed by atoms with Crippen LogP contribution in [0.2, 0.25) is 0 Å². The van der Waals surface area contributed by atoms with Gasteiger partial charge in [0.25, 0.3) is 0 Å². The Hall–Kier alpha value is -1.08. The smallest absolute Gasteiger partial charge is 0.0846 e. The molecule has 1 heterocycles. The fraction of sp³-hybridized carbons (Fsp3) is 0.273. The van der Waals surface area contributed by atoms with E-state index in [2.05, 4.69) is 30.8 Å². The van der Waals surface area contributed by atoms with Crippen LogP contribution in [0.25, 0.3) is 6.08 Å². The molecule has 0 bridgehead atoms. The SMILES string of the molecule is C=Cc1ccc([C@@H]2CCO2)cc1. The first-order valence-corrected chi connectivity index (χ1v) is 4.24. The lowest BCUT2D eigenvalue weighted by Crippen LogP contribution is -2.17. The third-order valence-electron chi connectivity index (χ3n) is 2.24. The number of hydrogen-bond acceptors (Lipinski definition) is 1. The maximum absolute atomic E-state index is 5.36. The molecule has 1 aromatic carbocycles. The van der Waals surface area contributed by atoms with Crippen LogP contribution < -0.4 is 0 Å². The monoisotopic (exact) mass is 160 g/mol. The quantitative estimate of drug-likeness (QED) is 0.646. The van der Waals surface area contributed by atoms with Gasteiger partial charge in [-0.3, -0.25) is 0 Å². The summed E-state index contributed by atoms with van der Waals surface area (Å²) >= 11 is 0. The van der Waals surface area contributed by atoms with Crippen LogP contribution in [0.3, 0.4) is 0 Å². The van der Waals surface area contributed by atoms with Crippen molar-refractivity contribution in [1.29, 1.82) is 0 Å². The lowest BCUT2D eigenvalue weighted by Gasteiger charge is -2.26. The molecule has 1 saturated heterocycles. The van der Waals surface area contributed by atoms with E-state index in [0.29, 0.717) is 6.10 Å². The van der Waals surface area contributed by atoms with E-state index in [4.69, 9.17) is 4.74 Å². The van der Waals surface area contributed by atoms with Gasteiger partial charge >= 0.3 is 0 Å². The van der Waals surface area contributed by atoms with Crippen molar-refractivity contribution < 1.29 is 4.74 Å². The van der Waals surface area contributed by atoms with Crippen molar-refractivity contribution in [2.24, 2.45) is 0 Å². The van der Waals surface area contributed by atoms with Crippen molar-refractivity contribution in [3.63, 3.8) is 0 Å². The topological polar surface area (TPSA) is 9.23 Å². The summed E-state index contributed by atoms with van der Waals surface area (Å²) in [6.45, 7) is 4.62. The predicted molar refractivity (Wildman–Crippen MR) is 49.8 cm³/mol. The highest BCUT2D eigenvalue weighted by Gasteiger charge is 2.19. The van der Waals surface area contributed by atoms with E-state index >= 15 is 0 Å². The zero-order valence-corrected chi connectivity index (χ0v) is 6.99. The van der Waals surface area contributed by atoms with Gasteiger partial charge in [0, 0.05) is 6.42 Å². The zero-order chi connectivity index (χ0) is 8.39. The normalized spacial score (nSPS) is 21.5. The third-order valence-corrected chi connectivity index (χ3v) is 2.24. The minimum atomic E-state index is 0.351. The van der Waals surface area contributed by atoms with Crippen LogP contribution >= 0.6 is 0 Å². The van der Waals surface area contributed by atoms with Crippen LogP contribution in [0.4, 0.5) is 0 Å². The Labute approximate surface area is 72.7 Å². The van der Waals surface area contributed by atoms with Crippen LogP contribution in [0.1, 0.15) is 23.7 Å². The second kappa shape index (κ2) is 3.11. The third kappa shape index (κ3) is 1.28. The van der Waals surface area contributed by atoms with E-state index < -0.39 is 0 Å². The molecule has 1 nitrogen and oxygen atoms in total. The number of benzene rings is 1. The van der Waals surface area contributed by atoms with Crippen molar-refractivity contribution in [1.82, 2.24) is 0 Å². The molecule has 0 N–H and O–H groups in total. The van der Waals surface area contributed by atoms with Crippen molar-refractivity contribution in [3.8, 4) is 0 Å². The Morgan fingerprint density at radius 1 is 1.33 bits per heavy atom. The van der Waals surface area contributed by atoms with Gasteiger partial charge in [0.15, 0.2) is 0 Å². The average molecular weight is 160 g/mol. The van der Waals surface area contributed by atoms with Crippen molar-refractivity contribution >= 4 is 6.08 Å². The van der Waals surface area contributed by atoms with Gasteiger partial charge in [-0.2, -0.15) is 0 Å². The Morgan fingerprint density at radius 2 is 2.00 bits per heavy atom. The van der Waals surface area contributed by atoms with Crippen molar-refractivity contribution in [3.05, 3.63) is 42.0 Å². The summed E-state index contributed by atoms with van der Waals surface area (Å²) in [7, 11) is 0. The van der Waals surface area contributed by atoms with Gasteiger partial charge in [0.1, 0.15) is 0 Å². The fourth-order valence-electron chi connectivity index (χ4n) is 1.35. The Balaban J connectivity index is 2.18. The highest BCUT2D eigenvalue weighted by atomic mass is 16.5. The first kappa shape index (κ1) is 7.56. The minimum absolute atomic E-state index is 0.351. The van der Waals surface area contributed by atoms with Crippen LogP contribution in [0.5, 0.6) is 0 Å². The standard InChI is InChI=1S/C11H12O/c1-2-9-3-5-10(6-4-9)11-7-8-12-11/h2-6,11H,1,7-8H2/t11-/m0/s1. The second-order valence-electron chi connectivity index (χ2n) is 3.02. The average Bonchev–Trinajstić information content (AvgIpc) is 2.03. The molecule has 1 aliphatic heterocycles. The van der Waals surface area contributed by atoms with E-state index in [1.54, 1.807) is 0 Å². The summed E-state index contributed by atoms with van der Waals surface area (Å²) in [5, 5.41) is 0. The highest BCUT2D eigenvalue weighted by molar-refractivity contribution is 5.47. The first-order valence-electron chi connectivity index (χ1n) is 4.24. The summed E-state index contributed by atoms with van der Waals surface area (Å²) in [5.74, 6) is 0. The zero-order valence-electron chi connectivity index (χ0n) is 6.99. The van der Waals surface area contributed by atoms with Crippen molar-refractivity contribution in [2.45, 2.75) is 12.5 Å². The molecule has 0 unspecified atom stereocenters. The Kier molecular flexibility index (Phi) is 1.96. The summed E-state index contributed by atoms with van der Waals surface area (Å²) < 4.78 is 5.36. The molecule has 1 atom stereocenters. The van der Waals surface area contributed by atoms with E-state index in [9.17, 15) is 0 Å². The molecule has 1 aliphatic rings. The molecule has 0 spiro atoms. The highest BCUT2D eigenvalue weighted by Crippen LogP contribution is 2.29. The summed E-state index contributed by atoms with van der Waals surface area (Å²) in [6.07, 6.45) is 3.36. The molecular formula is C11H12O. The molecule has 1 aromatic rings. The molecule has 1 fully saturated rings. The summed E-state index contributed by atoms with van der Waals surface area (Å²) in [4.78, 5) is 0. The van der Waals surface area contributed by atoms with Gasteiger partial charge in [-0.1, -0.05) is 36.9 Å². The molecule has 62 valence electrons. The molecule has 0 aromatic heterocycles. The summed E-state index contributed by atoms with van der Waals surface area (Å²) in [5.41, 5.74) is 2.45. The molecule has 0 radical (unpaired) electrons. The molecule has 0 aliphatic carbocycles. The Morgan fingerprint density at radius 3 is 2.42 bits per heavy atom. The number of ether oxygens (including phenoxy) is 1. The molecule has 12 heavy (non-hydrogen) atoms. The lowest BCUT2D eigenvalue weighted by molar-refractivity contribution is -0.0527. The number of hydrogen-bond donors (Lipinski definition) is 0. The molecule has 0 amide bonds. The van der Waals surface area contributed by atoms with E-state index in [1.807, 2.05) is 6.08 Å². The number of rotatable bonds is 2. The van der Waals surface area contributed by atoms with E-state index in [-0.39, 0.29) is 0 Å². The van der Waals surface area contributed by atoms with Gasteiger partial charge in [-0.05, 0) is 11.1 Å². The van der Waals surface area contributed by atoms with Gasteiger partial charge in [0.2, 0.25) is 0 Å². The minimum Gasteiger partial charge on any atom is -0.373 e. The molecule has 2 rings (SSSR count). The van der Waals surface area contributed by atoms with E-state index in [0.717, 1.165) is 18.6 Å². The lowest BCUT2D eigenvalue weighted by atomic mass is 10.0. The molecule has 1 heteroatoms. The van der Waals surface area contributed by atoms with Crippen LogP contribution in [-0.2, 0) is 4.74 Å². The van der Waals surface area contributed by atoms with Gasteiger partial charge < -0.3 is 4.74 Å². The largest absolute Gasteiger partial charge is 0.373 e.